The SMILES string of the molecule is CC[C@@H](C(=O)N(Cc1ccc(OS(=O)(=O)CC)cc1)C(C)C)c1ccccc1. The largest absolute Gasteiger partial charge is 0.382 e. The lowest BCUT2D eigenvalue weighted by Crippen LogP contribution is -2.39. The molecule has 0 saturated carbocycles. The summed E-state index contributed by atoms with van der Waals surface area (Å²) in [7, 11) is -3.55. The second-order valence-electron chi connectivity index (χ2n) is 7.01. The molecule has 0 unspecified atom stereocenters. The number of nitrogens with zero attached hydrogens (tertiary/aromatic N) is 1. The lowest BCUT2D eigenvalue weighted by Gasteiger charge is -2.31. The molecule has 0 aromatic heterocycles. The van der Waals surface area contributed by atoms with E-state index in [1.54, 1.807) is 24.3 Å². The summed E-state index contributed by atoms with van der Waals surface area (Å²) in [6.45, 7) is 8.02. The van der Waals surface area contributed by atoms with Crippen LogP contribution in [0, 0.1) is 0 Å². The highest BCUT2D eigenvalue weighted by atomic mass is 32.2. The number of amides is 1. The van der Waals surface area contributed by atoms with Crippen LogP contribution >= 0.6 is 0 Å². The zero-order valence-electron chi connectivity index (χ0n) is 17.0. The monoisotopic (exact) mass is 403 g/mol. The predicted molar refractivity (Wildman–Crippen MR) is 112 cm³/mol. The number of hydrogen-bond donors (Lipinski definition) is 0. The Balaban J connectivity index is 2.17. The fourth-order valence-corrected chi connectivity index (χ4v) is 3.53. The standard InChI is InChI=1S/C22H29NO4S/c1-5-21(19-10-8-7-9-11-19)22(24)23(17(3)4)16-18-12-14-20(15-13-18)27-28(25,26)6-2/h7-15,17,21H,5-6,16H2,1-4H3/t21-/m1/s1. The Morgan fingerprint density at radius 3 is 2.11 bits per heavy atom. The molecule has 28 heavy (non-hydrogen) atoms. The third-order valence-electron chi connectivity index (χ3n) is 4.67. The number of carbonyl (C=O) groups excluding carboxylic acids is 1. The van der Waals surface area contributed by atoms with Crippen LogP contribution in [0.2, 0.25) is 0 Å². The molecule has 2 rings (SSSR count). The van der Waals surface area contributed by atoms with Crippen molar-refractivity contribution < 1.29 is 17.4 Å². The van der Waals surface area contributed by atoms with Crippen LogP contribution in [0.3, 0.4) is 0 Å². The van der Waals surface area contributed by atoms with Gasteiger partial charge >= 0.3 is 10.1 Å². The molecule has 0 spiro atoms. The van der Waals surface area contributed by atoms with Crippen molar-refractivity contribution in [2.45, 2.75) is 52.6 Å². The zero-order chi connectivity index (χ0) is 20.7. The van der Waals surface area contributed by atoms with Crippen LogP contribution in [0.4, 0.5) is 0 Å². The molecule has 0 radical (unpaired) electrons. The van der Waals surface area contributed by atoms with Gasteiger partial charge in [0.15, 0.2) is 0 Å². The van der Waals surface area contributed by atoms with Crippen molar-refractivity contribution >= 4 is 16.0 Å². The van der Waals surface area contributed by atoms with Crippen LogP contribution in [0.25, 0.3) is 0 Å². The van der Waals surface area contributed by atoms with Crippen LogP contribution in [-0.2, 0) is 21.5 Å². The lowest BCUT2D eigenvalue weighted by atomic mass is 9.94. The molecule has 0 N–H and O–H groups in total. The summed E-state index contributed by atoms with van der Waals surface area (Å²) in [4.78, 5) is 15.1. The zero-order valence-corrected chi connectivity index (χ0v) is 17.8. The highest BCUT2D eigenvalue weighted by Gasteiger charge is 2.26. The van der Waals surface area contributed by atoms with Crippen LogP contribution in [0.15, 0.2) is 54.6 Å². The van der Waals surface area contributed by atoms with Crippen molar-refractivity contribution in [3.8, 4) is 5.75 Å². The first-order valence-corrected chi connectivity index (χ1v) is 11.2. The molecule has 0 heterocycles. The Hall–Kier alpha value is -2.34. The molecular formula is C22H29NO4S. The van der Waals surface area contributed by atoms with E-state index in [0.717, 1.165) is 17.5 Å². The van der Waals surface area contributed by atoms with Crippen LogP contribution in [0.1, 0.15) is 51.2 Å². The molecule has 0 saturated heterocycles. The van der Waals surface area contributed by atoms with E-state index in [1.807, 2.05) is 56.0 Å². The Kier molecular flexibility index (Phi) is 7.63. The van der Waals surface area contributed by atoms with E-state index in [1.165, 1.54) is 6.92 Å². The van der Waals surface area contributed by atoms with Crippen LogP contribution in [0.5, 0.6) is 5.75 Å². The average molecular weight is 404 g/mol. The minimum atomic E-state index is -3.55. The summed E-state index contributed by atoms with van der Waals surface area (Å²) in [5, 5.41) is 0. The summed E-state index contributed by atoms with van der Waals surface area (Å²) < 4.78 is 28.2. The smallest absolute Gasteiger partial charge is 0.308 e. The van der Waals surface area contributed by atoms with E-state index in [-0.39, 0.29) is 29.4 Å². The third kappa shape index (κ3) is 5.83. The number of rotatable bonds is 9. The van der Waals surface area contributed by atoms with Crippen LogP contribution in [-0.4, -0.2) is 31.0 Å². The van der Waals surface area contributed by atoms with Crippen molar-refractivity contribution in [3.63, 3.8) is 0 Å². The first-order valence-electron chi connectivity index (χ1n) is 9.64. The molecule has 0 bridgehead atoms. The second kappa shape index (κ2) is 9.73. The Bertz CT molecular complexity index is 861. The number of hydrogen-bond acceptors (Lipinski definition) is 4. The maximum atomic E-state index is 13.2. The fourth-order valence-electron chi connectivity index (χ4n) is 3.01. The van der Waals surface area contributed by atoms with Gasteiger partial charge in [0.05, 0.1) is 11.7 Å². The molecule has 0 aliphatic carbocycles. The molecular weight excluding hydrogens is 374 g/mol. The van der Waals surface area contributed by atoms with E-state index >= 15 is 0 Å². The van der Waals surface area contributed by atoms with E-state index in [0.29, 0.717) is 6.54 Å². The van der Waals surface area contributed by atoms with Gasteiger partial charge in [0.1, 0.15) is 5.75 Å². The molecule has 152 valence electrons. The van der Waals surface area contributed by atoms with Gasteiger partial charge in [-0.15, -0.1) is 0 Å². The Morgan fingerprint density at radius 1 is 1.00 bits per heavy atom. The van der Waals surface area contributed by atoms with E-state index < -0.39 is 10.1 Å². The Morgan fingerprint density at radius 2 is 1.61 bits per heavy atom. The molecule has 1 atom stereocenters. The summed E-state index contributed by atoms with van der Waals surface area (Å²) in [5.74, 6) is 0.115. The Labute approximate surface area is 168 Å². The molecule has 1 amide bonds. The average Bonchev–Trinajstić information content (AvgIpc) is 2.68. The summed E-state index contributed by atoms with van der Waals surface area (Å²) in [6.07, 6.45) is 0.730. The van der Waals surface area contributed by atoms with Crippen molar-refractivity contribution in [3.05, 3.63) is 65.7 Å². The van der Waals surface area contributed by atoms with Crippen molar-refractivity contribution in [2.24, 2.45) is 0 Å². The maximum Gasteiger partial charge on any atom is 0.308 e. The van der Waals surface area contributed by atoms with Crippen molar-refractivity contribution in [2.75, 3.05) is 5.75 Å². The van der Waals surface area contributed by atoms with Gasteiger partial charge in [-0.3, -0.25) is 4.79 Å². The fraction of sp³-hybridized carbons (Fsp3) is 0.409. The summed E-state index contributed by atoms with van der Waals surface area (Å²) in [6, 6.07) is 16.7. The van der Waals surface area contributed by atoms with Gasteiger partial charge in [-0.25, -0.2) is 0 Å². The lowest BCUT2D eigenvalue weighted by molar-refractivity contribution is -0.135. The first-order chi connectivity index (χ1) is 13.3. The molecule has 2 aromatic rings. The van der Waals surface area contributed by atoms with Crippen molar-refractivity contribution in [1.29, 1.82) is 0 Å². The summed E-state index contributed by atoms with van der Waals surface area (Å²) in [5.41, 5.74) is 1.94. The predicted octanol–water partition coefficient (Wildman–Crippen LogP) is 4.35. The third-order valence-corrected chi connectivity index (χ3v) is 5.82. The molecule has 0 fully saturated rings. The van der Waals surface area contributed by atoms with Gasteiger partial charge in [-0.1, -0.05) is 49.4 Å². The van der Waals surface area contributed by atoms with E-state index in [2.05, 4.69) is 0 Å². The molecule has 0 aliphatic heterocycles. The van der Waals surface area contributed by atoms with Gasteiger partial charge in [0.2, 0.25) is 5.91 Å². The first kappa shape index (κ1) is 22.0. The molecule has 2 aromatic carbocycles. The maximum absolute atomic E-state index is 13.2. The minimum Gasteiger partial charge on any atom is -0.382 e. The van der Waals surface area contributed by atoms with E-state index in [9.17, 15) is 13.2 Å². The normalized spacial score (nSPS) is 12.6. The highest BCUT2D eigenvalue weighted by Crippen LogP contribution is 2.25. The molecule has 5 nitrogen and oxygen atoms in total. The highest BCUT2D eigenvalue weighted by molar-refractivity contribution is 7.87. The number of carbonyl (C=O) groups is 1. The van der Waals surface area contributed by atoms with Gasteiger partial charge < -0.3 is 9.08 Å². The molecule has 0 aliphatic rings. The van der Waals surface area contributed by atoms with Gasteiger partial charge in [0, 0.05) is 12.6 Å². The summed E-state index contributed by atoms with van der Waals surface area (Å²) >= 11 is 0. The topological polar surface area (TPSA) is 63.7 Å². The minimum absolute atomic E-state index is 0.0432. The van der Waals surface area contributed by atoms with Gasteiger partial charge in [-0.2, -0.15) is 8.42 Å². The van der Waals surface area contributed by atoms with Gasteiger partial charge in [0.25, 0.3) is 0 Å². The van der Waals surface area contributed by atoms with E-state index in [4.69, 9.17) is 4.18 Å². The second-order valence-corrected chi connectivity index (χ2v) is 8.86. The van der Waals surface area contributed by atoms with Gasteiger partial charge in [-0.05, 0) is 50.5 Å². The van der Waals surface area contributed by atoms with Crippen molar-refractivity contribution in [1.82, 2.24) is 4.90 Å². The van der Waals surface area contributed by atoms with Crippen LogP contribution < -0.4 is 4.18 Å². The number of benzene rings is 2. The molecule has 6 heteroatoms. The quantitative estimate of drug-likeness (QED) is 0.584.